The fourth-order valence-electron chi connectivity index (χ4n) is 1.47. The third-order valence-corrected chi connectivity index (χ3v) is 3.33. The minimum atomic E-state index is -0.510. The van der Waals surface area contributed by atoms with Crippen LogP contribution in [0.15, 0.2) is 27.2 Å². The first-order valence-electron chi connectivity index (χ1n) is 5.24. The number of amides is 1. The van der Waals surface area contributed by atoms with E-state index >= 15 is 0 Å². The van der Waals surface area contributed by atoms with Crippen molar-refractivity contribution < 1.29 is 4.79 Å². The Kier molecular flexibility index (Phi) is 3.58. The van der Waals surface area contributed by atoms with E-state index in [1.807, 2.05) is 5.43 Å². The van der Waals surface area contributed by atoms with E-state index in [9.17, 15) is 14.4 Å². The summed E-state index contributed by atoms with van der Waals surface area (Å²) in [6.45, 7) is 0.0146. The number of hydrazine groups is 1. The number of nitrogen functional groups attached to an aromatic ring is 1. The predicted octanol–water partition coefficient (Wildman–Crippen LogP) is -1.34. The van der Waals surface area contributed by atoms with E-state index < -0.39 is 17.2 Å². The van der Waals surface area contributed by atoms with Crippen LogP contribution in [0.4, 0.5) is 0 Å². The Morgan fingerprint density at radius 3 is 2.95 bits per heavy atom. The number of aromatic nitrogens is 3. The maximum atomic E-state index is 11.8. The van der Waals surface area contributed by atoms with Crippen molar-refractivity contribution in [1.82, 2.24) is 19.5 Å². The van der Waals surface area contributed by atoms with E-state index in [0.29, 0.717) is 5.69 Å². The van der Waals surface area contributed by atoms with Crippen LogP contribution in [0.25, 0.3) is 0 Å². The molecule has 0 aliphatic heterocycles. The van der Waals surface area contributed by atoms with Gasteiger partial charge in [-0.15, -0.1) is 11.3 Å². The molecule has 8 nitrogen and oxygen atoms in total. The number of carbonyl (C=O) groups is 1. The van der Waals surface area contributed by atoms with Gasteiger partial charge in [0, 0.05) is 24.7 Å². The number of thiazole rings is 1. The summed E-state index contributed by atoms with van der Waals surface area (Å²) < 4.78 is 2.33. The van der Waals surface area contributed by atoms with Gasteiger partial charge in [0.2, 0.25) is 0 Å². The zero-order valence-corrected chi connectivity index (χ0v) is 10.8. The van der Waals surface area contributed by atoms with Crippen molar-refractivity contribution in [3.63, 3.8) is 0 Å². The van der Waals surface area contributed by atoms with Crippen LogP contribution in [0.5, 0.6) is 0 Å². The van der Waals surface area contributed by atoms with Crippen molar-refractivity contribution in [2.75, 3.05) is 0 Å². The van der Waals surface area contributed by atoms with Crippen LogP contribution in [-0.2, 0) is 13.6 Å². The van der Waals surface area contributed by atoms with E-state index in [4.69, 9.17) is 5.84 Å². The molecule has 0 spiro atoms. The number of carbonyl (C=O) groups excluding carboxylic acids is 1. The Labute approximate surface area is 111 Å². The molecule has 2 heterocycles. The van der Waals surface area contributed by atoms with Crippen molar-refractivity contribution >= 4 is 17.2 Å². The maximum Gasteiger partial charge on any atom is 0.331 e. The predicted molar refractivity (Wildman–Crippen MR) is 68.8 cm³/mol. The van der Waals surface area contributed by atoms with Gasteiger partial charge in [-0.1, -0.05) is 0 Å². The molecule has 19 heavy (non-hydrogen) atoms. The minimum absolute atomic E-state index is 0.0146. The monoisotopic (exact) mass is 281 g/mol. The molecule has 0 saturated heterocycles. The van der Waals surface area contributed by atoms with Crippen LogP contribution in [0, 0.1) is 0 Å². The van der Waals surface area contributed by atoms with Gasteiger partial charge in [-0.25, -0.2) is 15.6 Å². The van der Waals surface area contributed by atoms with Crippen molar-refractivity contribution in [2.24, 2.45) is 12.9 Å². The zero-order chi connectivity index (χ0) is 14.0. The van der Waals surface area contributed by atoms with Gasteiger partial charge < -0.3 is 4.57 Å². The molecular weight excluding hydrogens is 270 g/mol. The lowest BCUT2D eigenvalue weighted by Gasteiger charge is -2.03. The summed E-state index contributed by atoms with van der Waals surface area (Å²) in [7, 11) is 1.55. The van der Waals surface area contributed by atoms with Gasteiger partial charge in [0.1, 0.15) is 0 Å². The van der Waals surface area contributed by atoms with Gasteiger partial charge in [-0.2, -0.15) is 0 Å². The first kappa shape index (κ1) is 13.2. The molecule has 0 bridgehead atoms. The number of hydrogen-bond donors (Lipinski definition) is 2. The average Bonchev–Trinajstić information content (AvgIpc) is 2.87. The third-order valence-electron chi connectivity index (χ3n) is 2.44. The lowest BCUT2D eigenvalue weighted by atomic mass is 10.4. The molecule has 0 radical (unpaired) electrons. The number of nitrogens with two attached hydrogens (primary N) is 1. The van der Waals surface area contributed by atoms with E-state index in [-0.39, 0.29) is 11.6 Å². The van der Waals surface area contributed by atoms with E-state index in [2.05, 4.69) is 4.98 Å². The summed E-state index contributed by atoms with van der Waals surface area (Å²) in [5.41, 5.74) is 1.56. The molecule has 1 amide bonds. The molecule has 100 valence electrons. The van der Waals surface area contributed by atoms with Crippen LogP contribution in [0.3, 0.4) is 0 Å². The second-order valence-corrected chi connectivity index (χ2v) is 4.61. The van der Waals surface area contributed by atoms with E-state index in [1.165, 1.54) is 16.8 Å². The smallest absolute Gasteiger partial charge is 0.303 e. The summed E-state index contributed by atoms with van der Waals surface area (Å²) >= 11 is 1.09. The lowest BCUT2D eigenvalue weighted by Crippen LogP contribution is -2.38. The summed E-state index contributed by atoms with van der Waals surface area (Å²) in [6.07, 6.45) is 1.40. The van der Waals surface area contributed by atoms with Gasteiger partial charge in [0.15, 0.2) is 5.01 Å². The van der Waals surface area contributed by atoms with Gasteiger partial charge in [-0.3, -0.25) is 19.6 Å². The van der Waals surface area contributed by atoms with Crippen molar-refractivity contribution in [3.05, 3.63) is 49.2 Å². The van der Waals surface area contributed by atoms with Gasteiger partial charge >= 0.3 is 5.69 Å². The molecule has 2 rings (SSSR count). The fourth-order valence-corrected chi connectivity index (χ4v) is 2.18. The molecule has 0 fully saturated rings. The highest BCUT2D eigenvalue weighted by Crippen LogP contribution is 2.09. The normalized spacial score (nSPS) is 10.4. The Hall–Kier alpha value is -2.26. The first-order valence-corrected chi connectivity index (χ1v) is 6.12. The second-order valence-electron chi connectivity index (χ2n) is 3.75. The standard InChI is InChI=1S/C10H11N5O3S/c1-14-3-2-7(16)15(10(14)18)4-6-5-19-9(12-6)8(17)13-11/h2-3,5H,4,11H2,1H3,(H,13,17). The molecular formula is C10H11N5O3S. The quantitative estimate of drug-likeness (QED) is 0.410. The number of hydrogen-bond acceptors (Lipinski definition) is 6. The number of aryl methyl sites for hydroxylation is 1. The molecule has 0 aliphatic carbocycles. The highest BCUT2D eigenvalue weighted by molar-refractivity contribution is 7.11. The van der Waals surface area contributed by atoms with Crippen LogP contribution in [-0.4, -0.2) is 20.0 Å². The van der Waals surface area contributed by atoms with Crippen molar-refractivity contribution in [1.29, 1.82) is 0 Å². The largest absolute Gasteiger partial charge is 0.331 e. The van der Waals surface area contributed by atoms with Crippen LogP contribution < -0.4 is 22.5 Å². The molecule has 0 aromatic carbocycles. The fraction of sp³-hybridized carbons (Fsp3) is 0.200. The SMILES string of the molecule is Cn1ccc(=O)n(Cc2csc(C(=O)NN)n2)c1=O. The molecule has 2 aromatic heterocycles. The van der Waals surface area contributed by atoms with Gasteiger partial charge in [-0.05, 0) is 0 Å². The second kappa shape index (κ2) is 5.16. The van der Waals surface area contributed by atoms with E-state index in [1.54, 1.807) is 12.4 Å². The maximum absolute atomic E-state index is 11.8. The Bertz CT molecular complexity index is 729. The third kappa shape index (κ3) is 2.61. The van der Waals surface area contributed by atoms with Crippen LogP contribution >= 0.6 is 11.3 Å². The molecule has 0 saturated carbocycles. The Morgan fingerprint density at radius 2 is 2.26 bits per heavy atom. The highest BCUT2D eigenvalue weighted by atomic mass is 32.1. The summed E-state index contributed by atoms with van der Waals surface area (Å²) in [6, 6.07) is 1.29. The summed E-state index contributed by atoms with van der Waals surface area (Å²) in [5, 5.41) is 1.78. The Morgan fingerprint density at radius 1 is 1.53 bits per heavy atom. The highest BCUT2D eigenvalue weighted by Gasteiger charge is 2.11. The number of rotatable bonds is 3. The van der Waals surface area contributed by atoms with Crippen LogP contribution in [0.1, 0.15) is 15.5 Å². The molecule has 0 unspecified atom stereocenters. The molecule has 0 aliphatic rings. The molecule has 0 atom stereocenters. The zero-order valence-electron chi connectivity index (χ0n) is 9.99. The Balaban J connectivity index is 2.35. The summed E-state index contributed by atoms with van der Waals surface area (Å²) in [4.78, 5) is 38.7. The van der Waals surface area contributed by atoms with E-state index in [0.717, 1.165) is 15.9 Å². The minimum Gasteiger partial charge on any atom is -0.303 e. The summed E-state index contributed by atoms with van der Waals surface area (Å²) in [5.74, 6) is 4.48. The number of nitrogens with zero attached hydrogens (tertiary/aromatic N) is 3. The number of nitrogens with one attached hydrogen (secondary N) is 1. The molecule has 9 heteroatoms. The van der Waals surface area contributed by atoms with Crippen molar-refractivity contribution in [3.8, 4) is 0 Å². The van der Waals surface area contributed by atoms with Crippen molar-refractivity contribution in [2.45, 2.75) is 6.54 Å². The van der Waals surface area contributed by atoms with Gasteiger partial charge in [0.25, 0.3) is 11.5 Å². The molecule has 2 aromatic rings. The van der Waals surface area contributed by atoms with Crippen LogP contribution in [0.2, 0.25) is 0 Å². The van der Waals surface area contributed by atoms with Gasteiger partial charge in [0.05, 0.1) is 12.2 Å². The average molecular weight is 281 g/mol. The first-order chi connectivity index (χ1) is 9.02. The topological polar surface area (TPSA) is 112 Å². The molecule has 3 N–H and O–H groups in total. The lowest BCUT2D eigenvalue weighted by molar-refractivity contribution is 0.0953.